The van der Waals surface area contributed by atoms with Gasteiger partial charge < -0.3 is 14.5 Å². The van der Waals surface area contributed by atoms with Crippen LogP contribution < -0.4 is 21.3 Å². The van der Waals surface area contributed by atoms with E-state index in [2.05, 4.69) is 5.32 Å². The molecule has 34 heavy (non-hydrogen) atoms. The average molecular weight is 459 g/mol. The Morgan fingerprint density at radius 2 is 1.79 bits per heavy atom. The number of rotatable bonds is 5. The SMILES string of the molecule is COc1cccc(NC(=O)Cn2c(=O)n(-c3ccc(F)cc3)c(=O)c3oc4ccccc4c32)c1. The predicted octanol–water partition coefficient (Wildman–Crippen LogP) is 3.69. The van der Waals surface area contributed by atoms with Crippen LogP contribution in [0.15, 0.2) is 86.8 Å². The number of aromatic nitrogens is 2. The van der Waals surface area contributed by atoms with E-state index in [1.807, 2.05) is 0 Å². The van der Waals surface area contributed by atoms with Crippen molar-refractivity contribution in [1.29, 1.82) is 0 Å². The second-order valence-corrected chi connectivity index (χ2v) is 7.54. The molecule has 0 fully saturated rings. The van der Waals surface area contributed by atoms with Crippen LogP contribution in [-0.4, -0.2) is 22.2 Å². The van der Waals surface area contributed by atoms with Crippen LogP contribution in [0.3, 0.4) is 0 Å². The lowest BCUT2D eigenvalue weighted by atomic mass is 10.2. The lowest BCUT2D eigenvalue weighted by Crippen LogP contribution is -2.40. The molecule has 0 radical (unpaired) electrons. The summed E-state index contributed by atoms with van der Waals surface area (Å²) in [6.45, 7) is -0.391. The van der Waals surface area contributed by atoms with E-state index < -0.39 is 29.5 Å². The highest BCUT2D eigenvalue weighted by Crippen LogP contribution is 2.26. The summed E-state index contributed by atoms with van der Waals surface area (Å²) in [5.41, 5.74) is -0.293. The molecule has 0 aliphatic heterocycles. The van der Waals surface area contributed by atoms with Crippen molar-refractivity contribution >= 4 is 33.7 Å². The number of amides is 1. The Morgan fingerprint density at radius 3 is 2.56 bits per heavy atom. The molecule has 0 aliphatic rings. The Kier molecular flexibility index (Phi) is 5.21. The van der Waals surface area contributed by atoms with Gasteiger partial charge in [0.05, 0.1) is 12.8 Å². The Balaban J connectivity index is 1.69. The van der Waals surface area contributed by atoms with Crippen molar-refractivity contribution in [2.45, 2.75) is 6.54 Å². The third kappa shape index (κ3) is 3.62. The lowest BCUT2D eigenvalue weighted by molar-refractivity contribution is -0.116. The maximum Gasteiger partial charge on any atom is 0.336 e. The molecule has 8 nitrogen and oxygen atoms in total. The van der Waals surface area contributed by atoms with Crippen LogP contribution in [0.2, 0.25) is 0 Å². The molecule has 0 bridgehead atoms. The zero-order valence-electron chi connectivity index (χ0n) is 17.9. The molecule has 3 aromatic carbocycles. The molecule has 5 aromatic rings. The number of para-hydroxylation sites is 1. The number of carbonyl (C=O) groups is 1. The van der Waals surface area contributed by atoms with E-state index in [-0.39, 0.29) is 16.8 Å². The van der Waals surface area contributed by atoms with Gasteiger partial charge in [-0.3, -0.25) is 14.2 Å². The number of fused-ring (bicyclic) bond motifs is 3. The van der Waals surface area contributed by atoms with Crippen LogP contribution in [0.25, 0.3) is 27.8 Å². The molecule has 0 saturated heterocycles. The number of benzene rings is 3. The summed E-state index contributed by atoms with van der Waals surface area (Å²) in [7, 11) is 1.51. The van der Waals surface area contributed by atoms with E-state index in [1.54, 1.807) is 48.5 Å². The number of ether oxygens (including phenoxy) is 1. The zero-order valence-corrected chi connectivity index (χ0v) is 17.9. The summed E-state index contributed by atoms with van der Waals surface area (Å²) in [5, 5.41) is 3.25. The van der Waals surface area contributed by atoms with E-state index in [1.165, 1.54) is 23.8 Å². The Morgan fingerprint density at radius 1 is 1.03 bits per heavy atom. The van der Waals surface area contributed by atoms with Crippen molar-refractivity contribution in [3.8, 4) is 11.4 Å². The van der Waals surface area contributed by atoms with Crippen LogP contribution in [0.4, 0.5) is 10.1 Å². The van der Waals surface area contributed by atoms with Crippen LogP contribution in [0.1, 0.15) is 0 Å². The minimum Gasteiger partial charge on any atom is -0.497 e. The molecule has 5 rings (SSSR count). The molecule has 0 aliphatic carbocycles. The number of furan rings is 1. The van der Waals surface area contributed by atoms with Crippen molar-refractivity contribution in [2.24, 2.45) is 0 Å². The van der Waals surface area contributed by atoms with Gasteiger partial charge in [-0.1, -0.05) is 18.2 Å². The first kappa shape index (κ1) is 21.2. The minimum absolute atomic E-state index is 0.0840. The fourth-order valence-corrected chi connectivity index (χ4v) is 3.86. The normalized spacial score (nSPS) is 11.1. The summed E-state index contributed by atoms with van der Waals surface area (Å²) >= 11 is 0. The van der Waals surface area contributed by atoms with E-state index in [4.69, 9.17) is 9.15 Å². The summed E-state index contributed by atoms with van der Waals surface area (Å²) in [6.07, 6.45) is 0. The second-order valence-electron chi connectivity index (χ2n) is 7.54. The standard InChI is InChI=1S/C25H18FN3O5/c1-33-18-6-4-5-16(13-18)27-21(30)14-28-22-19-7-2-3-8-20(19)34-23(22)24(31)29(25(28)32)17-11-9-15(26)10-12-17/h2-13H,14H2,1H3,(H,27,30). The smallest absolute Gasteiger partial charge is 0.336 e. The number of anilines is 1. The van der Waals surface area contributed by atoms with Crippen molar-refractivity contribution < 1.29 is 18.3 Å². The number of hydrogen-bond acceptors (Lipinski definition) is 5. The summed E-state index contributed by atoms with van der Waals surface area (Å²) in [6, 6.07) is 18.6. The second kappa shape index (κ2) is 8.36. The van der Waals surface area contributed by atoms with Gasteiger partial charge in [0.2, 0.25) is 11.5 Å². The third-order valence-electron chi connectivity index (χ3n) is 5.40. The molecule has 1 N–H and O–H groups in total. The van der Waals surface area contributed by atoms with Crippen molar-refractivity contribution in [2.75, 3.05) is 12.4 Å². The van der Waals surface area contributed by atoms with Gasteiger partial charge in [0, 0.05) is 17.1 Å². The first-order chi connectivity index (χ1) is 16.5. The van der Waals surface area contributed by atoms with E-state index >= 15 is 0 Å². The minimum atomic E-state index is -0.753. The van der Waals surface area contributed by atoms with Gasteiger partial charge in [0.15, 0.2) is 0 Å². The third-order valence-corrected chi connectivity index (χ3v) is 5.40. The van der Waals surface area contributed by atoms with Crippen LogP contribution in [0.5, 0.6) is 5.75 Å². The zero-order chi connectivity index (χ0) is 23.8. The number of halogens is 1. The molecule has 9 heteroatoms. The lowest BCUT2D eigenvalue weighted by Gasteiger charge is -2.12. The molecule has 0 unspecified atom stereocenters. The number of methoxy groups -OCH3 is 1. The average Bonchev–Trinajstić information content (AvgIpc) is 3.23. The fourth-order valence-electron chi connectivity index (χ4n) is 3.86. The van der Waals surface area contributed by atoms with E-state index in [0.717, 1.165) is 16.7 Å². The van der Waals surface area contributed by atoms with Gasteiger partial charge in [-0.2, -0.15) is 0 Å². The highest BCUT2D eigenvalue weighted by molar-refractivity contribution is 6.03. The van der Waals surface area contributed by atoms with Crippen molar-refractivity contribution in [3.63, 3.8) is 0 Å². The Hall–Kier alpha value is -4.66. The first-order valence-electron chi connectivity index (χ1n) is 10.3. The predicted molar refractivity (Wildman–Crippen MR) is 125 cm³/mol. The van der Waals surface area contributed by atoms with Gasteiger partial charge in [0.25, 0.3) is 0 Å². The van der Waals surface area contributed by atoms with Gasteiger partial charge in [0.1, 0.15) is 29.2 Å². The number of carbonyl (C=O) groups excluding carboxylic acids is 1. The van der Waals surface area contributed by atoms with Crippen molar-refractivity contribution in [1.82, 2.24) is 9.13 Å². The van der Waals surface area contributed by atoms with Crippen LogP contribution >= 0.6 is 0 Å². The molecular formula is C25H18FN3O5. The largest absolute Gasteiger partial charge is 0.497 e. The van der Waals surface area contributed by atoms with E-state index in [9.17, 15) is 18.8 Å². The maximum absolute atomic E-state index is 13.5. The molecule has 170 valence electrons. The summed E-state index contributed by atoms with van der Waals surface area (Å²) < 4.78 is 26.5. The number of nitrogens with one attached hydrogen (secondary N) is 1. The van der Waals surface area contributed by atoms with Crippen LogP contribution in [0, 0.1) is 5.82 Å². The maximum atomic E-state index is 13.5. The number of hydrogen-bond donors (Lipinski definition) is 1. The Bertz CT molecular complexity index is 1660. The molecular weight excluding hydrogens is 441 g/mol. The van der Waals surface area contributed by atoms with Gasteiger partial charge in [-0.05, 0) is 48.5 Å². The van der Waals surface area contributed by atoms with E-state index in [0.29, 0.717) is 22.4 Å². The molecule has 2 heterocycles. The fraction of sp³-hybridized carbons (Fsp3) is 0.0800. The summed E-state index contributed by atoms with van der Waals surface area (Å²) in [4.78, 5) is 39.7. The summed E-state index contributed by atoms with van der Waals surface area (Å²) in [5.74, 6) is -0.450. The molecule has 0 atom stereocenters. The van der Waals surface area contributed by atoms with Gasteiger partial charge >= 0.3 is 11.2 Å². The van der Waals surface area contributed by atoms with Gasteiger partial charge in [-0.25, -0.2) is 13.8 Å². The quantitative estimate of drug-likeness (QED) is 0.433. The highest BCUT2D eigenvalue weighted by Gasteiger charge is 2.22. The van der Waals surface area contributed by atoms with Gasteiger partial charge in [-0.15, -0.1) is 0 Å². The monoisotopic (exact) mass is 459 g/mol. The molecule has 1 amide bonds. The molecule has 0 spiro atoms. The first-order valence-corrected chi connectivity index (χ1v) is 10.3. The molecule has 2 aromatic heterocycles. The topological polar surface area (TPSA) is 95.5 Å². The Labute approximate surface area is 191 Å². The number of nitrogens with zero attached hydrogens (tertiary/aromatic N) is 2. The van der Waals surface area contributed by atoms with Crippen molar-refractivity contribution in [3.05, 3.63) is 99.5 Å². The molecule has 0 saturated carbocycles. The highest BCUT2D eigenvalue weighted by atomic mass is 19.1. The van der Waals surface area contributed by atoms with Crippen LogP contribution in [-0.2, 0) is 11.3 Å².